The van der Waals surface area contributed by atoms with E-state index in [4.69, 9.17) is 4.74 Å². The first-order valence-corrected chi connectivity index (χ1v) is 7.90. The van der Waals surface area contributed by atoms with E-state index >= 15 is 0 Å². The minimum Gasteiger partial charge on any atom is -0.493 e. The van der Waals surface area contributed by atoms with Gasteiger partial charge in [-0.2, -0.15) is 0 Å². The van der Waals surface area contributed by atoms with E-state index in [1.54, 1.807) is 49.5 Å². The fourth-order valence-electron chi connectivity index (χ4n) is 1.97. The van der Waals surface area contributed by atoms with Crippen LogP contribution >= 0.6 is 15.9 Å². The van der Waals surface area contributed by atoms with Gasteiger partial charge < -0.3 is 15.4 Å². The molecule has 120 valence electrons. The van der Waals surface area contributed by atoms with Crippen LogP contribution in [-0.4, -0.2) is 25.5 Å². The Balaban J connectivity index is 2.09. The molecule has 0 unspecified atom stereocenters. The standard InChI is InChI=1S/C17H17BrN2O3/c1-3-23-15-9-6-12(10-14(15)18)17(22)20-13-7-4-11(5-8-13)16(21)19-2/h4-10H,3H2,1-2H3,(H,19,21)(H,20,22). The lowest BCUT2D eigenvalue weighted by Gasteiger charge is -2.09. The molecule has 2 aromatic carbocycles. The number of ether oxygens (including phenoxy) is 1. The summed E-state index contributed by atoms with van der Waals surface area (Å²) >= 11 is 3.39. The largest absolute Gasteiger partial charge is 0.493 e. The van der Waals surface area contributed by atoms with Gasteiger partial charge in [-0.25, -0.2) is 0 Å². The highest BCUT2D eigenvalue weighted by Gasteiger charge is 2.10. The monoisotopic (exact) mass is 376 g/mol. The van der Waals surface area contributed by atoms with Crippen molar-refractivity contribution >= 4 is 33.4 Å². The second-order valence-corrected chi connectivity index (χ2v) is 5.54. The van der Waals surface area contributed by atoms with E-state index in [2.05, 4.69) is 26.6 Å². The minimum absolute atomic E-state index is 0.168. The Bertz CT molecular complexity index is 714. The summed E-state index contributed by atoms with van der Waals surface area (Å²) in [5.41, 5.74) is 1.66. The van der Waals surface area contributed by atoms with Gasteiger partial charge in [0.15, 0.2) is 0 Å². The van der Waals surface area contributed by atoms with Gasteiger partial charge in [-0.05, 0) is 65.3 Å². The molecule has 0 bridgehead atoms. The van der Waals surface area contributed by atoms with Crippen molar-refractivity contribution in [1.29, 1.82) is 0 Å². The Morgan fingerprint density at radius 3 is 2.26 bits per heavy atom. The molecule has 23 heavy (non-hydrogen) atoms. The molecule has 2 rings (SSSR count). The Morgan fingerprint density at radius 1 is 1.04 bits per heavy atom. The molecule has 0 radical (unpaired) electrons. The van der Waals surface area contributed by atoms with E-state index in [0.29, 0.717) is 29.2 Å². The molecule has 0 fully saturated rings. The summed E-state index contributed by atoms with van der Waals surface area (Å²) in [5, 5.41) is 5.33. The third-order valence-corrected chi connectivity index (χ3v) is 3.75. The van der Waals surface area contributed by atoms with Crippen LogP contribution in [0.15, 0.2) is 46.9 Å². The summed E-state index contributed by atoms with van der Waals surface area (Å²) < 4.78 is 6.14. The van der Waals surface area contributed by atoms with E-state index < -0.39 is 0 Å². The molecule has 6 heteroatoms. The lowest BCUT2D eigenvalue weighted by atomic mass is 10.1. The Hall–Kier alpha value is -2.34. The number of hydrogen-bond donors (Lipinski definition) is 2. The molecule has 2 N–H and O–H groups in total. The van der Waals surface area contributed by atoms with Crippen LogP contribution in [0.5, 0.6) is 5.75 Å². The quantitative estimate of drug-likeness (QED) is 0.839. The van der Waals surface area contributed by atoms with Gasteiger partial charge in [0.05, 0.1) is 11.1 Å². The molecule has 0 saturated carbocycles. The summed E-state index contributed by atoms with van der Waals surface area (Å²) in [4.78, 5) is 23.7. The summed E-state index contributed by atoms with van der Waals surface area (Å²) in [6.45, 7) is 2.46. The first-order valence-electron chi connectivity index (χ1n) is 7.11. The van der Waals surface area contributed by atoms with Crippen molar-refractivity contribution in [3.8, 4) is 5.75 Å². The maximum Gasteiger partial charge on any atom is 0.255 e. The number of halogens is 1. The number of amides is 2. The molecule has 2 amide bonds. The summed E-state index contributed by atoms with van der Waals surface area (Å²) in [6, 6.07) is 11.8. The highest BCUT2D eigenvalue weighted by Crippen LogP contribution is 2.26. The van der Waals surface area contributed by atoms with Gasteiger partial charge in [-0.1, -0.05) is 0 Å². The van der Waals surface area contributed by atoms with Crippen LogP contribution < -0.4 is 15.4 Å². The van der Waals surface area contributed by atoms with Crippen molar-refractivity contribution in [2.75, 3.05) is 19.0 Å². The molecule has 0 aliphatic heterocycles. The van der Waals surface area contributed by atoms with Crippen molar-refractivity contribution in [3.05, 3.63) is 58.1 Å². The second-order valence-electron chi connectivity index (χ2n) is 4.69. The number of carbonyl (C=O) groups is 2. The smallest absolute Gasteiger partial charge is 0.255 e. The summed E-state index contributed by atoms with van der Waals surface area (Å²) in [6.07, 6.45) is 0. The highest BCUT2D eigenvalue weighted by atomic mass is 79.9. The Kier molecular flexibility index (Phi) is 5.76. The lowest BCUT2D eigenvalue weighted by molar-refractivity contribution is 0.0962. The highest BCUT2D eigenvalue weighted by molar-refractivity contribution is 9.10. The van der Waals surface area contributed by atoms with E-state index in [-0.39, 0.29) is 11.8 Å². The number of anilines is 1. The van der Waals surface area contributed by atoms with E-state index in [1.807, 2.05) is 6.92 Å². The van der Waals surface area contributed by atoms with Crippen LogP contribution in [-0.2, 0) is 0 Å². The van der Waals surface area contributed by atoms with E-state index in [1.165, 1.54) is 0 Å². The lowest BCUT2D eigenvalue weighted by Crippen LogP contribution is -2.17. The zero-order chi connectivity index (χ0) is 16.8. The number of carbonyl (C=O) groups excluding carboxylic acids is 2. The molecule has 0 atom stereocenters. The molecule has 2 aromatic rings. The average molecular weight is 377 g/mol. The van der Waals surface area contributed by atoms with Gasteiger partial charge in [0.25, 0.3) is 11.8 Å². The van der Waals surface area contributed by atoms with Crippen LogP contribution in [0.25, 0.3) is 0 Å². The SMILES string of the molecule is CCOc1ccc(C(=O)Nc2ccc(C(=O)NC)cc2)cc1Br. The van der Waals surface area contributed by atoms with Crippen LogP contribution in [0.2, 0.25) is 0 Å². The third kappa shape index (κ3) is 4.32. The number of benzene rings is 2. The normalized spacial score (nSPS) is 10.0. The van der Waals surface area contributed by atoms with Gasteiger partial charge in [-0.3, -0.25) is 9.59 Å². The molecular formula is C17H17BrN2O3. The summed E-state index contributed by atoms with van der Waals surface area (Å²) in [7, 11) is 1.57. The maximum atomic E-state index is 12.3. The first-order chi connectivity index (χ1) is 11.0. The van der Waals surface area contributed by atoms with Gasteiger partial charge in [-0.15, -0.1) is 0 Å². The molecule has 0 aliphatic rings. The minimum atomic E-state index is -0.235. The van der Waals surface area contributed by atoms with E-state index in [0.717, 1.165) is 4.47 Å². The van der Waals surface area contributed by atoms with Crippen molar-refractivity contribution in [2.24, 2.45) is 0 Å². The average Bonchev–Trinajstić information content (AvgIpc) is 2.56. The number of hydrogen-bond acceptors (Lipinski definition) is 3. The Morgan fingerprint density at radius 2 is 1.70 bits per heavy atom. The molecular weight excluding hydrogens is 360 g/mol. The van der Waals surface area contributed by atoms with Crippen LogP contribution in [0.3, 0.4) is 0 Å². The fourth-order valence-corrected chi connectivity index (χ4v) is 2.46. The molecule has 5 nitrogen and oxygen atoms in total. The molecule has 0 aromatic heterocycles. The van der Waals surface area contributed by atoms with Gasteiger partial charge in [0.2, 0.25) is 0 Å². The predicted octanol–water partition coefficient (Wildman–Crippen LogP) is 3.46. The van der Waals surface area contributed by atoms with Crippen LogP contribution in [0.1, 0.15) is 27.6 Å². The van der Waals surface area contributed by atoms with E-state index in [9.17, 15) is 9.59 Å². The third-order valence-electron chi connectivity index (χ3n) is 3.13. The zero-order valence-corrected chi connectivity index (χ0v) is 14.4. The molecule has 0 spiro atoms. The second kappa shape index (κ2) is 7.78. The van der Waals surface area contributed by atoms with Gasteiger partial charge in [0.1, 0.15) is 5.75 Å². The van der Waals surface area contributed by atoms with Crippen molar-refractivity contribution < 1.29 is 14.3 Å². The number of nitrogens with one attached hydrogen (secondary N) is 2. The van der Waals surface area contributed by atoms with Crippen molar-refractivity contribution in [1.82, 2.24) is 5.32 Å². The van der Waals surface area contributed by atoms with Gasteiger partial charge >= 0.3 is 0 Å². The van der Waals surface area contributed by atoms with Crippen molar-refractivity contribution in [2.45, 2.75) is 6.92 Å². The van der Waals surface area contributed by atoms with Crippen LogP contribution in [0.4, 0.5) is 5.69 Å². The molecule has 0 aliphatic carbocycles. The van der Waals surface area contributed by atoms with Crippen molar-refractivity contribution in [3.63, 3.8) is 0 Å². The topological polar surface area (TPSA) is 67.4 Å². The Labute approximate surface area is 143 Å². The fraction of sp³-hybridized carbons (Fsp3) is 0.176. The maximum absolute atomic E-state index is 12.3. The first kappa shape index (κ1) is 17.0. The zero-order valence-electron chi connectivity index (χ0n) is 12.9. The predicted molar refractivity (Wildman–Crippen MR) is 93.1 cm³/mol. The molecule has 0 saturated heterocycles. The number of rotatable bonds is 5. The summed E-state index contributed by atoms with van der Waals surface area (Å²) in [5.74, 6) is 0.291. The van der Waals surface area contributed by atoms with Gasteiger partial charge in [0, 0.05) is 23.9 Å². The molecule has 0 heterocycles. The van der Waals surface area contributed by atoms with Crippen LogP contribution in [0, 0.1) is 0 Å².